The largest absolute Gasteiger partial charge is 0.232 e. The van der Waals surface area contributed by atoms with Crippen molar-refractivity contribution < 1.29 is 0 Å². The van der Waals surface area contributed by atoms with Crippen LogP contribution in [0.15, 0.2) is 78.9 Å². The monoisotopic (exact) mass is 352 g/mol. The molecule has 3 heteroatoms. The van der Waals surface area contributed by atoms with Crippen molar-refractivity contribution in [3.8, 4) is 22.4 Å². The maximum atomic E-state index is 4.77. The van der Waals surface area contributed by atoms with Crippen LogP contribution < -0.4 is 0 Å². The Kier molecular flexibility index (Phi) is 3.54. The molecule has 124 valence electrons. The number of nitrogens with zero attached hydrogens (tertiary/aromatic N) is 2. The van der Waals surface area contributed by atoms with Crippen LogP contribution in [0.2, 0.25) is 0 Å². The SMILES string of the molecule is Cc1nc(-c2ccc(-c3ccccc3)cc2)c2sc3ccccc3c2n1. The summed E-state index contributed by atoms with van der Waals surface area (Å²) in [6.45, 7) is 1.97. The zero-order valence-electron chi connectivity index (χ0n) is 14.3. The first-order valence-corrected chi connectivity index (χ1v) is 9.43. The standard InChI is InChI=1S/C23H16N2S/c1-15-24-21(23-22(25-15)19-9-5-6-10-20(19)26-23)18-13-11-17(12-14-18)16-7-3-2-4-8-16/h2-14H,1H3. The lowest BCUT2D eigenvalue weighted by Gasteiger charge is -2.06. The molecule has 0 aliphatic heterocycles. The molecule has 2 aromatic heterocycles. The van der Waals surface area contributed by atoms with Crippen LogP contribution in [-0.4, -0.2) is 9.97 Å². The van der Waals surface area contributed by atoms with Gasteiger partial charge in [-0.3, -0.25) is 0 Å². The first-order chi connectivity index (χ1) is 12.8. The lowest BCUT2D eigenvalue weighted by Crippen LogP contribution is -1.92. The van der Waals surface area contributed by atoms with Crippen molar-refractivity contribution in [3.63, 3.8) is 0 Å². The summed E-state index contributed by atoms with van der Waals surface area (Å²) in [6, 6.07) is 27.5. The lowest BCUT2D eigenvalue weighted by molar-refractivity contribution is 1.10. The Hall–Kier alpha value is -3.04. The van der Waals surface area contributed by atoms with Crippen LogP contribution in [0.25, 0.3) is 42.7 Å². The van der Waals surface area contributed by atoms with Gasteiger partial charge >= 0.3 is 0 Å². The van der Waals surface area contributed by atoms with Gasteiger partial charge in [0, 0.05) is 15.6 Å². The Morgan fingerprint density at radius 3 is 2.12 bits per heavy atom. The van der Waals surface area contributed by atoms with Gasteiger partial charge in [-0.2, -0.15) is 0 Å². The fraction of sp³-hybridized carbons (Fsp3) is 0.0435. The van der Waals surface area contributed by atoms with Crippen molar-refractivity contribution in [2.24, 2.45) is 0 Å². The molecular weight excluding hydrogens is 336 g/mol. The molecule has 0 fully saturated rings. The van der Waals surface area contributed by atoms with Crippen molar-refractivity contribution in [1.29, 1.82) is 0 Å². The summed E-state index contributed by atoms with van der Waals surface area (Å²) >= 11 is 1.77. The molecule has 0 bridgehead atoms. The summed E-state index contributed by atoms with van der Waals surface area (Å²) in [7, 11) is 0. The van der Waals surface area contributed by atoms with E-state index in [9.17, 15) is 0 Å². The molecule has 5 rings (SSSR count). The van der Waals surface area contributed by atoms with Gasteiger partial charge in [-0.25, -0.2) is 9.97 Å². The van der Waals surface area contributed by atoms with E-state index in [1.165, 1.54) is 21.2 Å². The number of hydrogen-bond acceptors (Lipinski definition) is 3. The van der Waals surface area contributed by atoms with Gasteiger partial charge in [0.2, 0.25) is 0 Å². The van der Waals surface area contributed by atoms with Crippen molar-refractivity contribution in [3.05, 3.63) is 84.7 Å². The van der Waals surface area contributed by atoms with Gasteiger partial charge in [-0.1, -0.05) is 72.8 Å². The molecule has 0 atom stereocenters. The average molecular weight is 352 g/mol. The molecule has 0 saturated carbocycles. The molecule has 26 heavy (non-hydrogen) atoms. The Morgan fingerprint density at radius 1 is 0.654 bits per heavy atom. The maximum Gasteiger partial charge on any atom is 0.126 e. The molecule has 0 radical (unpaired) electrons. The van der Waals surface area contributed by atoms with Gasteiger partial charge in [0.1, 0.15) is 5.82 Å². The van der Waals surface area contributed by atoms with Gasteiger partial charge in [-0.15, -0.1) is 11.3 Å². The van der Waals surface area contributed by atoms with E-state index in [0.717, 1.165) is 27.3 Å². The molecule has 0 aliphatic rings. The number of thiophene rings is 1. The fourth-order valence-electron chi connectivity index (χ4n) is 3.35. The fourth-order valence-corrected chi connectivity index (χ4v) is 4.50. The van der Waals surface area contributed by atoms with E-state index in [4.69, 9.17) is 9.97 Å². The first kappa shape index (κ1) is 15.2. The highest BCUT2D eigenvalue weighted by molar-refractivity contribution is 7.26. The second-order valence-corrected chi connectivity index (χ2v) is 7.39. The summed E-state index contributed by atoms with van der Waals surface area (Å²) < 4.78 is 2.41. The molecule has 0 saturated heterocycles. The summed E-state index contributed by atoms with van der Waals surface area (Å²) in [5.41, 5.74) is 5.65. The van der Waals surface area contributed by atoms with Gasteiger partial charge < -0.3 is 0 Å². The van der Waals surface area contributed by atoms with E-state index in [1.54, 1.807) is 11.3 Å². The third-order valence-corrected chi connectivity index (χ3v) is 5.76. The zero-order chi connectivity index (χ0) is 17.5. The van der Waals surface area contributed by atoms with Gasteiger partial charge in [-0.05, 0) is 24.1 Å². The molecule has 0 aliphatic carbocycles. The van der Waals surface area contributed by atoms with Crippen LogP contribution in [-0.2, 0) is 0 Å². The van der Waals surface area contributed by atoms with Crippen LogP contribution in [0.5, 0.6) is 0 Å². The third kappa shape index (κ3) is 2.49. The van der Waals surface area contributed by atoms with Crippen LogP contribution in [0.1, 0.15) is 5.82 Å². The molecule has 5 aromatic rings. The quantitative estimate of drug-likeness (QED) is 0.363. The minimum absolute atomic E-state index is 0.809. The molecule has 0 amide bonds. The van der Waals surface area contributed by atoms with Gasteiger partial charge in [0.05, 0.1) is 15.9 Å². The van der Waals surface area contributed by atoms with E-state index in [2.05, 4.69) is 72.8 Å². The molecule has 3 aromatic carbocycles. The molecular formula is C23H16N2S. The molecule has 2 heterocycles. The van der Waals surface area contributed by atoms with E-state index in [1.807, 2.05) is 13.0 Å². The van der Waals surface area contributed by atoms with Gasteiger partial charge in [0.15, 0.2) is 0 Å². The normalized spacial score (nSPS) is 11.3. The van der Waals surface area contributed by atoms with E-state index in [-0.39, 0.29) is 0 Å². The van der Waals surface area contributed by atoms with Gasteiger partial charge in [0.25, 0.3) is 0 Å². The lowest BCUT2D eigenvalue weighted by atomic mass is 10.0. The maximum absolute atomic E-state index is 4.77. The van der Waals surface area contributed by atoms with Crippen LogP contribution >= 0.6 is 11.3 Å². The van der Waals surface area contributed by atoms with E-state index in [0.29, 0.717) is 0 Å². The number of hydrogen-bond donors (Lipinski definition) is 0. The van der Waals surface area contributed by atoms with Crippen molar-refractivity contribution in [1.82, 2.24) is 9.97 Å². The van der Waals surface area contributed by atoms with Crippen molar-refractivity contribution >= 4 is 31.6 Å². The highest BCUT2D eigenvalue weighted by Gasteiger charge is 2.14. The number of aryl methyl sites for hydroxylation is 1. The smallest absolute Gasteiger partial charge is 0.126 e. The van der Waals surface area contributed by atoms with E-state index >= 15 is 0 Å². The Balaban J connectivity index is 1.69. The summed E-state index contributed by atoms with van der Waals surface area (Å²) in [5.74, 6) is 0.809. The second kappa shape index (κ2) is 6.04. The number of fused-ring (bicyclic) bond motifs is 3. The summed E-state index contributed by atoms with van der Waals surface area (Å²) in [6.07, 6.45) is 0. The predicted octanol–water partition coefficient (Wildman–Crippen LogP) is 6.49. The molecule has 0 spiro atoms. The predicted molar refractivity (Wildman–Crippen MR) is 111 cm³/mol. The number of rotatable bonds is 2. The highest BCUT2D eigenvalue weighted by atomic mass is 32.1. The molecule has 0 unspecified atom stereocenters. The summed E-state index contributed by atoms with van der Waals surface area (Å²) in [4.78, 5) is 9.48. The van der Waals surface area contributed by atoms with E-state index < -0.39 is 0 Å². The Morgan fingerprint density at radius 2 is 1.31 bits per heavy atom. The second-order valence-electron chi connectivity index (χ2n) is 6.34. The first-order valence-electron chi connectivity index (χ1n) is 8.61. The highest BCUT2D eigenvalue weighted by Crippen LogP contribution is 2.38. The Bertz CT molecular complexity index is 1220. The van der Waals surface area contributed by atoms with Crippen molar-refractivity contribution in [2.45, 2.75) is 6.92 Å². The topological polar surface area (TPSA) is 25.8 Å². The zero-order valence-corrected chi connectivity index (χ0v) is 15.1. The number of aromatic nitrogens is 2. The van der Waals surface area contributed by atoms with Crippen molar-refractivity contribution in [2.75, 3.05) is 0 Å². The van der Waals surface area contributed by atoms with Crippen LogP contribution in [0.3, 0.4) is 0 Å². The third-order valence-electron chi connectivity index (χ3n) is 4.60. The van der Waals surface area contributed by atoms with Crippen LogP contribution in [0, 0.1) is 6.92 Å². The molecule has 0 N–H and O–H groups in total. The molecule has 2 nitrogen and oxygen atoms in total. The minimum atomic E-state index is 0.809. The average Bonchev–Trinajstić information content (AvgIpc) is 3.07. The minimum Gasteiger partial charge on any atom is -0.232 e. The summed E-state index contributed by atoms with van der Waals surface area (Å²) in [5, 5.41) is 1.21. The Labute approximate surface area is 155 Å². The number of benzene rings is 3. The van der Waals surface area contributed by atoms with Crippen LogP contribution in [0.4, 0.5) is 0 Å².